The Morgan fingerprint density at radius 2 is 2.18 bits per heavy atom. The van der Waals surface area contributed by atoms with Crippen LogP contribution in [0.3, 0.4) is 0 Å². The van der Waals surface area contributed by atoms with Gasteiger partial charge in [0.1, 0.15) is 0 Å². The highest BCUT2D eigenvalue weighted by molar-refractivity contribution is 5.85. The molecule has 0 spiro atoms. The van der Waals surface area contributed by atoms with Crippen LogP contribution in [0.1, 0.15) is 19.3 Å². The molecule has 62 valence electrons. The van der Waals surface area contributed by atoms with Crippen LogP contribution in [-0.4, -0.2) is 12.6 Å². The van der Waals surface area contributed by atoms with Gasteiger partial charge in [0.2, 0.25) is 0 Å². The largest absolute Gasteiger partial charge is 0.301 e. The summed E-state index contributed by atoms with van der Waals surface area (Å²) in [6.07, 6.45) is 3.96. The molecule has 0 radical (unpaired) electrons. The van der Waals surface area contributed by atoms with Crippen LogP contribution in [0, 0.1) is 23.2 Å². The first kappa shape index (κ1) is 8.83. The average molecular weight is 173 g/mol. The van der Waals surface area contributed by atoms with Gasteiger partial charge in [-0.2, -0.15) is 5.26 Å². The van der Waals surface area contributed by atoms with Crippen molar-refractivity contribution in [2.75, 3.05) is 6.54 Å². The van der Waals surface area contributed by atoms with Crippen molar-refractivity contribution < 1.29 is 0 Å². The summed E-state index contributed by atoms with van der Waals surface area (Å²) in [6, 6.07) is 2.50. The fourth-order valence-corrected chi connectivity index (χ4v) is 2.33. The van der Waals surface area contributed by atoms with Crippen molar-refractivity contribution in [3.05, 3.63) is 0 Å². The third-order valence-electron chi connectivity index (χ3n) is 2.89. The van der Waals surface area contributed by atoms with E-state index in [9.17, 15) is 0 Å². The van der Waals surface area contributed by atoms with Crippen molar-refractivity contribution in [1.29, 1.82) is 5.26 Å². The number of nitrogens with zero attached hydrogens (tertiary/aromatic N) is 1. The van der Waals surface area contributed by atoms with Crippen LogP contribution < -0.4 is 5.32 Å². The first-order chi connectivity index (χ1) is 4.92. The van der Waals surface area contributed by atoms with E-state index in [1.165, 1.54) is 19.3 Å². The highest BCUT2D eigenvalue weighted by Crippen LogP contribution is 2.37. The quantitative estimate of drug-likeness (QED) is 0.599. The standard InChI is InChI=1S/C8H12N2.ClH/c9-4-8-7-3-1-2-6(7)5-10-8;/h6-8,10H,1-3,5H2;1H/t6-,7-,8+;/m0./s1. The molecular formula is C8H13ClN2. The highest BCUT2D eigenvalue weighted by Gasteiger charge is 2.38. The van der Waals surface area contributed by atoms with E-state index in [4.69, 9.17) is 5.26 Å². The molecule has 0 amide bonds. The maximum atomic E-state index is 8.70. The van der Waals surface area contributed by atoms with Crippen LogP contribution in [0.25, 0.3) is 0 Å². The molecule has 0 aromatic heterocycles. The van der Waals surface area contributed by atoms with Crippen molar-refractivity contribution in [2.45, 2.75) is 25.3 Å². The molecule has 0 aromatic rings. The van der Waals surface area contributed by atoms with E-state index < -0.39 is 0 Å². The average Bonchev–Trinajstić information content (AvgIpc) is 2.44. The normalized spacial score (nSPS) is 40.8. The maximum Gasteiger partial charge on any atom is 0.0984 e. The number of nitriles is 1. The van der Waals surface area contributed by atoms with Crippen molar-refractivity contribution in [1.82, 2.24) is 5.32 Å². The topological polar surface area (TPSA) is 35.8 Å². The minimum absolute atomic E-state index is 0. The Morgan fingerprint density at radius 1 is 1.36 bits per heavy atom. The van der Waals surface area contributed by atoms with Crippen molar-refractivity contribution in [3.8, 4) is 6.07 Å². The summed E-state index contributed by atoms with van der Waals surface area (Å²) in [4.78, 5) is 0. The van der Waals surface area contributed by atoms with Gasteiger partial charge in [-0.05, 0) is 31.2 Å². The van der Waals surface area contributed by atoms with Gasteiger partial charge < -0.3 is 5.32 Å². The van der Waals surface area contributed by atoms with Crippen molar-refractivity contribution in [2.24, 2.45) is 11.8 Å². The fourth-order valence-electron chi connectivity index (χ4n) is 2.33. The second-order valence-electron chi connectivity index (χ2n) is 3.37. The molecule has 1 heterocycles. The summed E-state index contributed by atoms with van der Waals surface area (Å²) in [6.45, 7) is 1.09. The number of fused-ring (bicyclic) bond motifs is 1. The molecule has 2 fully saturated rings. The van der Waals surface area contributed by atoms with E-state index in [0.717, 1.165) is 12.5 Å². The minimum Gasteiger partial charge on any atom is -0.301 e. The Kier molecular flexibility index (Phi) is 2.75. The zero-order chi connectivity index (χ0) is 6.97. The van der Waals surface area contributed by atoms with Crippen molar-refractivity contribution in [3.63, 3.8) is 0 Å². The van der Waals surface area contributed by atoms with Gasteiger partial charge in [0.25, 0.3) is 0 Å². The number of rotatable bonds is 0. The van der Waals surface area contributed by atoms with Gasteiger partial charge in [-0.1, -0.05) is 6.42 Å². The molecule has 3 atom stereocenters. The number of nitrogens with one attached hydrogen (secondary N) is 1. The number of hydrogen-bond acceptors (Lipinski definition) is 2. The lowest BCUT2D eigenvalue weighted by Crippen LogP contribution is -2.24. The van der Waals surface area contributed by atoms with Gasteiger partial charge in [0.15, 0.2) is 0 Å². The zero-order valence-corrected chi connectivity index (χ0v) is 7.23. The molecule has 2 aliphatic rings. The molecule has 0 bridgehead atoms. The second kappa shape index (κ2) is 3.42. The van der Waals surface area contributed by atoms with Crippen LogP contribution in [-0.2, 0) is 0 Å². The lowest BCUT2D eigenvalue weighted by Gasteiger charge is -2.08. The maximum absolute atomic E-state index is 8.70. The van der Waals surface area contributed by atoms with E-state index in [1.807, 2.05) is 0 Å². The Hall–Kier alpha value is -0.260. The third-order valence-corrected chi connectivity index (χ3v) is 2.89. The predicted molar refractivity (Wildman–Crippen MR) is 45.5 cm³/mol. The summed E-state index contributed by atoms with van der Waals surface area (Å²) >= 11 is 0. The second-order valence-corrected chi connectivity index (χ2v) is 3.37. The van der Waals surface area contributed by atoms with Crippen LogP contribution in [0.15, 0.2) is 0 Å². The van der Waals surface area contributed by atoms with E-state index in [1.54, 1.807) is 0 Å². The third kappa shape index (κ3) is 1.36. The van der Waals surface area contributed by atoms with E-state index in [-0.39, 0.29) is 18.4 Å². The predicted octanol–water partition coefficient (Wildman–Crippen LogP) is 1.32. The molecule has 2 rings (SSSR count). The molecule has 0 unspecified atom stereocenters. The molecule has 1 saturated carbocycles. The Morgan fingerprint density at radius 3 is 2.91 bits per heavy atom. The van der Waals surface area contributed by atoms with Crippen LogP contribution in [0.5, 0.6) is 0 Å². The molecule has 11 heavy (non-hydrogen) atoms. The van der Waals surface area contributed by atoms with Gasteiger partial charge in [0.05, 0.1) is 12.1 Å². The highest BCUT2D eigenvalue weighted by atomic mass is 35.5. The molecule has 1 N–H and O–H groups in total. The number of hydrogen-bond donors (Lipinski definition) is 1. The smallest absolute Gasteiger partial charge is 0.0984 e. The van der Waals surface area contributed by atoms with Gasteiger partial charge in [-0.15, -0.1) is 12.4 Å². The molecule has 1 saturated heterocycles. The van der Waals surface area contributed by atoms with Crippen LogP contribution in [0.2, 0.25) is 0 Å². The SMILES string of the molecule is Cl.N#C[C@H]1NC[C@@H]2CCC[C@@H]21. The lowest BCUT2D eigenvalue weighted by molar-refractivity contribution is 0.460. The van der Waals surface area contributed by atoms with E-state index in [0.29, 0.717) is 5.92 Å². The summed E-state index contributed by atoms with van der Waals surface area (Å²) in [7, 11) is 0. The summed E-state index contributed by atoms with van der Waals surface area (Å²) in [5.74, 6) is 1.51. The molecular weight excluding hydrogens is 160 g/mol. The van der Waals surface area contributed by atoms with E-state index in [2.05, 4.69) is 11.4 Å². The molecule has 1 aliphatic heterocycles. The Balaban J connectivity index is 0.000000605. The molecule has 1 aliphatic carbocycles. The number of halogens is 1. The first-order valence-corrected chi connectivity index (χ1v) is 4.05. The molecule has 2 nitrogen and oxygen atoms in total. The first-order valence-electron chi connectivity index (χ1n) is 4.05. The fraction of sp³-hybridized carbons (Fsp3) is 0.875. The molecule has 3 heteroatoms. The summed E-state index contributed by atoms with van der Waals surface area (Å²) in [5, 5.41) is 11.9. The summed E-state index contributed by atoms with van der Waals surface area (Å²) in [5.41, 5.74) is 0. The monoisotopic (exact) mass is 172 g/mol. The van der Waals surface area contributed by atoms with Crippen molar-refractivity contribution >= 4 is 12.4 Å². The Bertz CT molecular complexity index is 175. The van der Waals surface area contributed by atoms with Gasteiger partial charge in [-0.3, -0.25) is 0 Å². The lowest BCUT2D eigenvalue weighted by atomic mass is 9.95. The van der Waals surface area contributed by atoms with Crippen LogP contribution >= 0.6 is 12.4 Å². The zero-order valence-electron chi connectivity index (χ0n) is 6.42. The van der Waals surface area contributed by atoms with Gasteiger partial charge >= 0.3 is 0 Å². The Labute approximate surface area is 73.4 Å². The molecule has 0 aromatic carbocycles. The summed E-state index contributed by atoms with van der Waals surface area (Å²) < 4.78 is 0. The minimum atomic E-state index is 0. The van der Waals surface area contributed by atoms with Gasteiger partial charge in [0, 0.05) is 0 Å². The van der Waals surface area contributed by atoms with Crippen LogP contribution in [0.4, 0.5) is 0 Å². The van der Waals surface area contributed by atoms with Gasteiger partial charge in [-0.25, -0.2) is 0 Å². The van der Waals surface area contributed by atoms with E-state index >= 15 is 0 Å².